The largest absolute Gasteiger partial charge is 0.379 e. The van der Waals surface area contributed by atoms with Crippen LogP contribution in [0.2, 0.25) is 0 Å². The van der Waals surface area contributed by atoms with Gasteiger partial charge >= 0.3 is 0 Å². The van der Waals surface area contributed by atoms with E-state index >= 15 is 0 Å². The van der Waals surface area contributed by atoms with Crippen LogP contribution < -0.4 is 5.32 Å². The minimum absolute atomic E-state index is 0.435. The van der Waals surface area contributed by atoms with Gasteiger partial charge in [0.15, 0.2) is 0 Å². The van der Waals surface area contributed by atoms with Crippen LogP contribution in [-0.2, 0) is 0 Å². The molecule has 0 heterocycles. The summed E-state index contributed by atoms with van der Waals surface area (Å²) >= 11 is 4.57. The van der Waals surface area contributed by atoms with Gasteiger partial charge in [-0.3, -0.25) is 0 Å². The first-order valence-electron chi connectivity index (χ1n) is 2.62. The molecular weight excluding hydrogens is 118 g/mol. The molecule has 0 aliphatic carbocycles. The second-order valence-electron chi connectivity index (χ2n) is 1.71. The molecule has 0 aromatic carbocycles. The van der Waals surface area contributed by atoms with E-state index in [1.165, 1.54) is 5.49 Å². The zero-order valence-electron chi connectivity index (χ0n) is 5.05. The molecule has 0 aromatic heterocycles. The highest BCUT2D eigenvalue weighted by Gasteiger charge is 1.90. The van der Waals surface area contributed by atoms with Crippen LogP contribution in [0.1, 0.15) is 13.3 Å². The topological polar surface area (TPSA) is 12.0 Å². The van der Waals surface area contributed by atoms with Crippen LogP contribution in [0.25, 0.3) is 0 Å². The molecule has 8 heavy (non-hydrogen) atoms. The van der Waals surface area contributed by atoms with Gasteiger partial charge in [-0.2, -0.15) is 0 Å². The molecule has 1 N–H and O–H groups in total. The molecule has 1 atom stereocenters. The molecule has 46 valence electrons. The molecule has 0 rings (SSSR count). The molecule has 0 aliphatic rings. The van der Waals surface area contributed by atoms with Crippen molar-refractivity contribution in [3.8, 4) is 0 Å². The van der Waals surface area contributed by atoms with E-state index in [0.29, 0.717) is 6.04 Å². The van der Waals surface area contributed by atoms with Gasteiger partial charge in [0.2, 0.25) is 0 Å². The first-order valence-corrected chi connectivity index (χ1v) is 3.09. The van der Waals surface area contributed by atoms with Gasteiger partial charge in [0.05, 0.1) is 5.49 Å². The maximum atomic E-state index is 4.57. The number of rotatable bonds is 4. The van der Waals surface area contributed by atoms with Crippen molar-refractivity contribution in [3.05, 3.63) is 12.7 Å². The zero-order valence-corrected chi connectivity index (χ0v) is 5.87. The van der Waals surface area contributed by atoms with E-state index in [4.69, 9.17) is 0 Å². The third kappa shape index (κ3) is 3.81. The van der Waals surface area contributed by atoms with E-state index in [9.17, 15) is 0 Å². The molecule has 0 radical (unpaired) electrons. The summed E-state index contributed by atoms with van der Waals surface area (Å²) in [5.41, 5.74) is 1.54. The predicted molar refractivity (Wildman–Crippen MR) is 41.1 cm³/mol. The number of nitrogens with one attached hydrogen (secondary N) is 1. The number of hydrogen-bond donors (Lipinski definition) is 1. The van der Waals surface area contributed by atoms with Crippen LogP contribution in [0.4, 0.5) is 0 Å². The molecule has 0 spiro atoms. The summed E-state index contributed by atoms with van der Waals surface area (Å²) in [6.07, 6.45) is 2.84. The van der Waals surface area contributed by atoms with Gasteiger partial charge in [0.1, 0.15) is 0 Å². The Kier molecular flexibility index (Phi) is 4.56. The number of hydrogen-bond acceptors (Lipinski definition) is 1. The lowest BCUT2D eigenvalue weighted by Crippen LogP contribution is -2.22. The van der Waals surface area contributed by atoms with Gasteiger partial charge in [-0.15, -0.1) is 6.58 Å². The van der Waals surface area contributed by atoms with E-state index in [0.717, 1.165) is 6.42 Å². The summed E-state index contributed by atoms with van der Waals surface area (Å²) in [7, 11) is 0. The average Bonchev–Trinajstić information content (AvgIpc) is 1.68. The van der Waals surface area contributed by atoms with E-state index < -0.39 is 0 Å². The van der Waals surface area contributed by atoms with E-state index in [-0.39, 0.29) is 0 Å². The van der Waals surface area contributed by atoms with Crippen LogP contribution in [0.15, 0.2) is 12.7 Å². The summed E-state index contributed by atoms with van der Waals surface area (Å²) in [5, 5.41) is 2.96. The van der Waals surface area contributed by atoms with Gasteiger partial charge < -0.3 is 5.32 Å². The van der Waals surface area contributed by atoms with Crippen LogP contribution >= 0.6 is 12.2 Å². The highest BCUT2D eigenvalue weighted by molar-refractivity contribution is 7.78. The van der Waals surface area contributed by atoms with Gasteiger partial charge in [-0.25, -0.2) is 0 Å². The van der Waals surface area contributed by atoms with Gasteiger partial charge in [-0.1, -0.05) is 18.3 Å². The summed E-state index contributed by atoms with van der Waals surface area (Å²) in [6.45, 7) is 5.66. The van der Waals surface area contributed by atoms with Gasteiger partial charge in [-0.05, 0) is 13.3 Å². The number of thiocarbonyl (C=S) groups is 1. The molecule has 1 nitrogen and oxygen atoms in total. The lowest BCUT2D eigenvalue weighted by atomic mass is 10.2. The van der Waals surface area contributed by atoms with E-state index in [2.05, 4.69) is 31.0 Å². The molecule has 0 saturated carbocycles. The summed E-state index contributed by atoms with van der Waals surface area (Å²) in [4.78, 5) is 0. The summed E-state index contributed by atoms with van der Waals surface area (Å²) in [6, 6.07) is 0.435. The lowest BCUT2D eigenvalue weighted by molar-refractivity contribution is 0.687. The quantitative estimate of drug-likeness (QED) is 0.456. The summed E-state index contributed by atoms with van der Waals surface area (Å²) < 4.78 is 0. The fourth-order valence-electron chi connectivity index (χ4n) is 0.434. The lowest BCUT2D eigenvalue weighted by Gasteiger charge is -2.05. The molecular formula is C6H11NS. The molecule has 1 unspecified atom stereocenters. The van der Waals surface area contributed by atoms with Crippen molar-refractivity contribution in [3.63, 3.8) is 0 Å². The second-order valence-corrected chi connectivity index (χ2v) is 1.95. The molecule has 0 aromatic rings. The fourth-order valence-corrected chi connectivity index (χ4v) is 0.667. The molecule has 2 heteroatoms. The Morgan fingerprint density at radius 3 is 2.88 bits per heavy atom. The minimum atomic E-state index is 0.435. The first kappa shape index (κ1) is 7.63. The van der Waals surface area contributed by atoms with Crippen molar-refractivity contribution in [1.29, 1.82) is 0 Å². The fraction of sp³-hybridized carbons (Fsp3) is 0.500. The van der Waals surface area contributed by atoms with Crippen LogP contribution in [0.5, 0.6) is 0 Å². The maximum absolute atomic E-state index is 4.57. The van der Waals surface area contributed by atoms with Crippen LogP contribution in [0, 0.1) is 0 Å². The molecule has 0 amide bonds. The monoisotopic (exact) mass is 129 g/mol. The third-order valence-electron chi connectivity index (χ3n) is 0.873. The SMILES string of the molecule is C=CCC(C)NC=S. The Morgan fingerprint density at radius 2 is 2.50 bits per heavy atom. The Morgan fingerprint density at radius 1 is 1.88 bits per heavy atom. The second kappa shape index (κ2) is 4.78. The van der Waals surface area contributed by atoms with Crippen molar-refractivity contribution in [2.75, 3.05) is 0 Å². The highest BCUT2D eigenvalue weighted by atomic mass is 32.1. The molecule has 0 aliphatic heterocycles. The van der Waals surface area contributed by atoms with Crippen LogP contribution in [-0.4, -0.2) is 11.5 Å². The summed E-state index contributed by atoms with van der Waals surface area (Å²) in [5.74, 6) is 0. The van der Waals surface area contributed by atoms with Crippen LogP contribution in [0.3, 0.4) is 0 Å². The minimum Gasteiger partial charge on any atom is -0.379 e. The normalized spacial score (nSPS) is 12.1. The third-order valence-corrected chi connectivity index (χ3v) is 1.01. The predicted octanol–water partition coefficient (Wildman–Crippen LogP) is 1.50. The molecule has 0 bridgehead atoms. The average molecular weight is 129 g/mol. The Balaban J connectivity index is 3.16. The zero-order chi connectivity index (χ0) is 6.41. The maximum Gasteiger partial charge on any atom is 0.0617 e. The molecule has 0 saturated heterocycles. The standard InChI is InChI=1S/C6H11NS/c1-3-4-6(2)7-5-8/h3,5-6H,1,4H2,2H3,(H,7,8). The van der Waals surface area contributed by atoms with Crippen molar-refractivity contribution < 1.29 is 0 Å². The first-order chi connectivity index (χ1) is 3.81. The van der Waals surface area contributed by atoms with E-state index in [1.807, 2.05) is 6.08 Å². The van der Waals surface area contributed by atoms with Crippen molar-refractivity contribution in [1.82, 2.24) is 5.32 Å². The van der Waals surface area contributed by atoms with Crippen molar-refractivity contribution >= 4 is 17.7 Å². The molecule has 0 fully saturated rings. The van der Waals surface area contributed by atoms with Gasteiger partial charge in [0, 0.05) is 6.04 Å². The van der Waals surface area contributed by atoms with Crippen molar-refractivity contribution in [2.45, 2.75) is 19.4 Å². The Hall–Kier alpha value is -0.370. The van der Waals surface area contributed by atoms with Gasteiger partial charge in [0.25, 0.3) is 0 Å². The van der Waals surface area contributed by atoms with Crippen molar-refractivity contribution in [2.24, 2.45) is 0 Å². The highest BCUT2D eigenvalue weighted by Crippen LogP contribution is 1.87. The Bertz CT molecular complexity index is 70.6. The van der Waals surface area contributed by atoms with E-state index in [1.54, 1.807) is 0 Å². The smallest absolute Gasteiger partial charge is 0.0617 e. The Labute approximate surface area is 55.8 Å².